The Hall–Kier alpha value is -2.60. The highest BCUT2D eigenvalue weighted by atomic mass is 32.1. The molecule has 0 amide bonds. The van der Waals surface area contributed by atoms with Crippen molar-refractivity contribution in [3.8, 4) is 5.75 Å². The molecule has 0 unspecified atom stereocenters. The summed E-state index contributed by atoms with van der Waals surface area (Å²) in [4.78, 5) is 11.7. The molecule has 0 saturated heterocycles. The number of hydrogen-bond donors (Lipinski definition) is 2. The molecule has 22 heavy (non-hydrogen) atoms. The van der Waals surface area contributed by atoms with E-state index in [4.69, 9.17) is 21.7 Å². The third-order valence-corrected chi connectivity index (χ3v) is 3.11. The van der Waals surface area contributed by atoms with E-state index in [1.807, 2.05) is 30.3 Å². The van der Waals surface area contributed by atoms with E-state index in [1.165, 1.54) is 7.11 Å². The fourth-order valence-electron chi connectivity index (χ4n) is 1.87. The summed E-state index contributed by atoms with van der Waals surface area (Å²) in [5.41, 5.74) is 1.78. The second kappa shape index (κ2) is 7.42. The number of rotatable bonds is 4. The molecular weight excluding hydrogens is 300 g/mol. The van der Waals surface area contributed by atoms with E-state index >= 15 is 0 Å². The fourth-order valence-corrected chi connectivity index (χ4v) is 2.09. The molecule has 2 aromatic rings. The molecule has 114 valence electrons. The van der Waals surface area contributed by atoms with E-state index in [-0.39, 0.29) is 0 Å². The van der Waals surface area contributed by atoms with Crippen molar-refractivity contribution in [2.24, 2.45) is 0 Å². The van der Waals surface area contributed by atoms with Crippen LogP contribution in [0.4, 0.5) is 11.4 Å². The minimum absolute atomic E-state index is 0.365. The van der Waals surface area contributed by atoms with Crippen LogP contribution in [0.15, 0.2) is 48.5 Å². The zero-order chi connectivity index (χ0) is 15.9. The van der Waals surface area contributed by atoms with Gasteiger partial charge in [-0.2, -0.15) is 0 Å². The molecule has 0 heterocycles. The predicted molar refractivity (Wildman–Crippen MR) is 90.6 cm³/mol. The van der Waals surface area contributed by atoms with Crippen molar-refractivity contribution < 1.29 is 14.3 Å². The highest BCUT2D eigenvalue weighted by molar-refractivity contribution is 7.80. The van der Waals surface area contributed by atoms with Crippen molar-refractivity contribution in [3.63, 3.8) is 0 Å². The van der Waals surface area contributed by atoms with Gasteiger partial charge in [0.15, 0.2) is 5.11 Å². The number of anilines is 2. The quantitative estimate of drug-likeness (QED) is 0.667. The third kappa shape index (κ3) is 3.95. The third-order valence-electron chi connectivity index (χ3n) is 2.91. The van der Waals surface area contributed by atoms with Crippen LogP contribution < -0.4 is 15.4 Å². The van der Waals surface area contributed by atoms with Crippen LogP contribution in [-0.2, 0) is 4.74 Å². The molecule has 0 aliphatic heterocycles. The monoisotopic (exact) mass is 316 g/mol. The van der Waals surface area contributed by atoms with E-state index < -0.39 is 5.97 Å². The molecule has 0 radical (unpaired) electrons. The van der Waals surface area contributed by atoms with Crippen molar-refractivity contribution >= 4 is 34.7 Å². The number of carbonyl (C=O) groups excluding carboxylic acids is 1. The van der Waals surface area contributed by atoms with Crippen LogP contribution in [0.2, 0.25) is 0 Å². The zero-order valence-corrected chi connectivity index (χ0v) is 13.1. The van der Waals surface area contributed by atoms with Crippen LogP contribution in [0, 0.1) is 0 Å². The van der Waals surface area contributed by atoms with Gasteiger partial charge in [-0.25, -0.2) is 4.79 Å². The Morgan fingerprint density at radius 2 is 1.82 bits per heavy atom. The summed E-state index contributed by atoms with van der Waals surface area (Å²) < 4.78 is 9.90. The summed E-state index contributed by atoms with van der Waals surface area (Å²) in [6.45, 7) is 0. The number of methoxy groups -OCH3 is 2. The van der Waals surface area contributed by atoms with Gasteiger partial charge in [-0.1, -0.05) is 18.2 Å². The molecule has 5 nitrogen and oxygen atoms in total. The Morgan fingerprint density at radius 1 is 1.05 bits per heavy atom. The van der Waals surface area contributed by atoms with Gasteiger partial charge in [0.1, 0.15) is 5.75 Å². The minimum atomic E-state index is -0.424. The largest absolute Gasteiger partial charge is 0.497 e. The van der Waals surface area contributed by atoms with Crippen LogP contribution in [0.3, 0.4) is 0 Å². The predicted octanol–water partition coefficient (Wildman–Crippen LogP) is 3.29. The number of para-hydroxylation sites is 1. The Labute approximate surface area is 134 Å². The van der Waals surface area contributed by atoms with Crippen LogP contribution in [0.25, 0.3) is 0 Å². The molecule has 0 bridgehead atoms. The Bertz CT molecular complexity index is 689. The maximum Gasteiger partial charge on any atom is 0.339 e. The molecule has 0 aliphatic rings. The maximum absolute atomic E-state index is 11.7. The van der Waals surface area contributed by atoms with Crippen LogP contribution in [0.5, 0.6) is 5.75 Å². The molecule has 6 heteroatoms. The van der Waals surface area contributed by atoms with Gasteiger partial charge in [-0.05, 0) is 36.5 Å². The second-order valence-corrected chi connectivity index (χ2v) is 4.76. The van der Waals surface area contributed by atoms with Crippen molar-refractivity contribution in [1.82, 2.24) is 0 Å². The van der Waals surface area contributed by atoms with Crippen LogP contribution in [0.1, 0.15) is 10.4 Å². The Kier molecular flexibility index (Phi) is 5.32. The summed E-state index contributed by atoms with van der Waals surface area (Å²) in [6, 6.07) is 14.4. The van der Waals surface area contributed by atoms with Crippen LogP contribution in [-0.4, -0.2) is 25.3 Å². The highest BCUT2D eigenvalue weighted by Crippen LogP contribution is 2.19. The molecule has 2 rings (SSSR count). The lowest BCUT2D eigenvalue weighted by Gasteiger charge is -2.13. The van der Waals surface area contributed by atoms with Gasteiger partial charge >= 0.3 is 5.97 Å². The summed E-state index contributed by atoms with van der Waals surface area (Å²) in [5, 5.41) is 6.39. The average Bonchev–Trinajstić information content (AvgIpc) is 2.54. The van der Waals surface area contributed by atoms with Gasteiger partial charge in [-0.3, -0.25) is 0 Å². The zero-order valence-electron chi connectivity index (χ0n) is 12.3. The average molecular weight is 316 g/mol. The standard InChI is InChI=1S/C16H16N2O3S/c1-20-12-7-5-6-11(10-12)17-16(22)18-14-9-4-3-8-13(14)15(19)21-2/h3-10H,1-2H3,(H2,17,18,22). The lowest BCUT2D eigenvalue weighted by atomic mass is 10.2. The second-order valence-electron chi connectivity index (χ2n) is 4.35. The maximum atomic E-state index is 11.7. The number of carbonyl (C=O) groups is 1. The number of esters is 1. The fraction of sp³-hybridized carbons (Fsp3) is 0.125. The van der Waals surface area contributed by atoms with Gasteiger partial charge in [0.05, 0.1) is 25.5 Å². The molecular formula is C16H16N2O3S. The molecule has 0 saturated carbocycles. The minimum Gasteiger partial charge on any atom is -0.497 e. The molecule has 0 spiro atoms. The van der Waals surface area contributed by atoms with Crippen molar-refractivity contribution in [1.29, 1.82) is 0 Å². The first-order chi connectivity index (χ1) is 10.6. The topological polar surface area (TPSA) is 59.6 Å². The van der Waals surface area contributed by atoms with Gasteiger partial charge in [0.2, 0.25) is 0 Å². The first kappa shape index (κ1) is 15.8. The first-order valence-electron chi connectivity index (χ1n) is 6.53. The van der Waals surface area contributed by atoms with Gasteiger partial charge < -0.3 is 20.1 Å². The van der Waals surface area contributed by atoms with E-state index in [0.717, 1.165) is 11.4 Å². The lowest BCUT2D eigenvalue weighted by Crippen LogP contribution is -2.20. The Balaban J connectivity index is 2.10. The highest BCUT2D eigenvalue weighted by Gasteiger charge is 2.11. The summed E-state index contributed by atoms with van der Waals surface area (Å²) in [5.74, 6) is 0.301. The molecule has 0 aromatic heterocycles. The van der Waals surface area contributed by atoms with Crippen molar-refractivity contribution in [3.05, 3.63) is 54.1 Å². The van der Waals surface area contributed by atoms with Crippen molar-refractivity contribution in [2.45, 2.75) is 0 Å². The summed E-state index contributed by atoms with van der Waals surface area (Å²) >= 11 is 5.26. The van der Waals surface area contributed by atoms with Crippen LogP contribution >= 0.6 is 12.2 Å². The smallest absolute Gasteiger partial charge is 0.339 e. The molecule has 2 N–H and O–H groups in total. The van der Waals surface area contributed by atoms with E-state index in [9.17, 15) is 4.79 Å². The number of benzene rings is 2. The van der Waals surface area contributed by atoms with E-state index in [0.29, 0.717) is 16.4 Å². The van der Waals surface area contributed by atoms with E-state index in [1.54, 1.807) is 25.3 Å². The number of ether oxygens (including phenoxy) is 2. The molecule has 0 aliphatic carbocycles. The molecule has 2 aromatic carbocycles. The Morgan fingerprint density at radius 3 is 2.55 bits per heavy atom. The normalized spacial score (nSPS) is 9.73. The first-order valence-corrected chi connectivity index (χ1v) is 6.94. The van der Waals surface area contributed by atoms with E-state index in [2.05, 4.69) is 10.6 Å². The number of hydrogen-bond acceptors (Lipinski definition) is 4. The molecule has 0 fully saturated rings. The van der Waals surface area contributed by atoms with Crippen molar-refractivity contribution in [2.75, 3.05) is 24.9 Å². The van der Waals surface area contributed by atoms with Gasteiger partial charge in [0.25, 0.3) is 0 Å². The van der Waals surface area contributed by atoms with Gasteiger partial charge in [0, 0.05) is 11.8 Å². The molecule has 0 atom stereocenters. The lowest BCUT2D eigenvalue weighted by molar-refractivity contribution is 0.0602. The number of nitrogens with one attached hydrogen (secondary N) is 2. The number of thiocarbonyl (C=S) groups is 1. The SMILES string of the molecule is COC(=O)c1ccccc1NC(=S)Nc1cccc(OC)c1. The van der Waals surface area contributed by atoms with Gasteiger partial charge in [-0.15, -0.1) is 0 Å². The summed E-state index contributed by atoms with van der Waals surface area (Å²) in [7, 11) is 2.94. The summed E-state index contributed by atoms with van der Waals surface area (Å²) in [6.07, 6.45) is 0.